The Morgan fingerprint density at radius 3 is 2.53 bits per heavy atom. The van der Waals surface area contributed by atoms with E-state index in [0.29, 0.717) is 5.92 Å². The lowest BCUT2D eigenvalue weighted by Crippen LogP contribution is -2.40. The summed E-state index contributed by atoms with van der Waals surface area (Å²) in [7, 11) is 0. The first-order valence-corrected chi connectivity index (χ1v) is 6.59. The molecule has 0 unspecified atom stereocenters. The van der Waals surface area contributed by atoms with E-state index < -0.39 is 5.41 Å². The van der Waals surface area contributed by atoms with Gasteiger partial charge in [-0.1, -0.05) is 13.8 Å². The highest BCUT2D eigenvalue weighted by Crippen LogP contribution is 2.27. The molecule has 0 N–H and O–H groups in total. The molecule has 0 aromatic rings. The first-order valence-electron chi connectivity index (χ1n) is 6.59. The van der Waals surface area contributed by atoms with Gasteiger partial charge in [0, 0.05) is 13.1 Å². The summed E-state index contributed by atoms with van der Waals surface area (Å²) in [5, 5.41) is 9.01. The smallest absolute Gasteiger partial charge is 0.242 e. The van der Waals surface area contributed by atoms with Crippen molar-refractivity contribution in [2.45, 2.75) is 47.0 Å². The predicted octanol–water partition coefficient (Wildman–Crippen LogP) is 2.82. The van der Waals surface area contributed by atoms with Gasteiger partial charge in [0.25, 0.3) is 0 Å². The predicted molar refractivity (Wildman–Crippen MR) is 68.2 cm³/mol. The quantitative estimate of drug-likeness (QED) is 0.740. The third-order valence-electron chi connectivity index (χ3n) is 3.82. The average Bonchev–Trinajstić information content (AvgIpc) is 2.53. The zero-order valence-electron chi connectivity index (χ0n) is 11.5. The number of hydrogen-bond acceptors (Lipinski definition) is 2. The van der Waals surface area contributed by atoms with E-state index in [1.165, 1.54) is 6.42 Å². The summed E-state index contributed by atoms with van der Waals surface area (Å²) < 4.78 is 0. The lowest BCUT2D eigenvalue weighted by atomic mass is 9.89. The van der Waals surface area contributed by atoms with E-state index >= 15 is 0 Å². The molecule has 0 aromatic heterocycles. The number of hydrogen-bond donors (Lipinski definition) is 0. The van der Waals surface area contributed by atoms with Gasteiger partial charge < -0.3 is 4.90 Å². The first-order chi connectivity index (χ1) is 7.88. The maximum Gasteiger partial charge on any atom is 0.242 e. The van der Waals surface area contributed by atoms with Crippen LogP contribution < -0.4 is 0 Å². The van der Waals surface area contributed by atoms with Crippen LogP contribution in [0.15, 0.2) is 0 Å². The van der Waals surface area contributed by atoms with Crippen LogP contribution in [0.2, 0.25) is 0 Å². The lowest BCUT2D eigenvalue weighted by molar-refractivity contribution is -0.137. The third kappa shape index (κ3) is 3.46. The molecule has 96 valence electrons. The topological polar surface area (TPSA) is 44.1 Å². The molecular weight excluding hydrogens is 212 g/mol. The van der Waals surface area contributed by atoms with Crippen LogP contribution in [0.3, 0.4) is 0 Å². The Kier molecular flexibility index (Phi) is 4.56. The molecule has 0 aromatic carbocycles. The second-order valence-corrected chi connectivity index (χ2v) is 5.96. The van der Waals surface area contributed by atoms with Crippen LogP contribution >= 0.6 is 0 Å². The van der Waals surface area contributed by atoms with Crippen molar-refractivity contribution in [3.8, 4) is 6.07 Å². The molecule has 1 aliphatic heterocycles. The molecule has 1 saturated heterocycles. The van der Waals surface area contributed by atoms with Gasteiger partial charge in [-0.15, -0.1) is 0 Å². The maximum atomic E-state index is 12.2. The molecule has 3 heteroatoms. The maximum absolute atomic E-state index is 12.2. The monoisotopic (exact) mass is 236 g/mol. The van der Waals surface area contributed by atoms with Crippen molar-refractivity contribution < 1.29 is 4.79 Å². The molecule has 0 saturated carbocycles. The van der Waals surface area contributed by atoms with Gasteiger partial charge in [0.15, 0.2) is 0 Å². The zero-order chi connectivity index (χ0) is 13.1. The van der Waals surface area contributed by atoms with Crippen LogP contribution in [0.4, 0.5) is 0 Å². The Morgan fingerprint density at radius 1 is 1.35 bits per heavy atom. The van der Waals surface area contributed by atoms with Crippen molar-refractivity contribution in [1.29, 1.82) is 5.26 Å². The molecule has 1 heterocycles. The Labute approximate surface area is 105 Å². The largest absolute Gasteiger partial charge is 0.341 e. The van der Waals surface area contributed by atoms with E-state index in [-0.39, 0.29) is 5.91 Å². The highest BCUT2D eigenvalue weighted by Gasteiger charge is 2.33. The molecule has 1 atom stereocenters. The molecule has 1 amide bonds. The SMILES string of the molecule is CC(C)[C@H]1CCCN(C(=O)C(C)(C)C#N)CC1. The Balaban J connectivity index is 2.64. The van der Waals surface area contributed by atoms with E-state index in [1.54, 1.807) is 13.8 Å². The number of likely N-dealkylation sites (tertiary alicyclic amines) is 1. The normalized spacial score (nSPS) is 22.1. The summed E-state index contributed by atoms with van der Waals surface area (Å²) in [4.78, 5) is 14.1. The van der Waals surface area contributed by atoms with Crippen molar-refractivity contribution >= 4 is 5.91 Å². The number of rotatable bonds is 2. The molecule has 1 rings (SSSR count). The van der Waals surface area contributed by atoms with Crippen molar-refractivity contribution in [3.63, 3.8) is 0 Å². The molecule has 1 fully saturated rings. The van der Waals surface area contributed by atoms with Gasteiger partial charge in [0.05, 0.1) is 6.07 Å². The molecule has 0 bridgehead atoms. The first kappa shape index (κ1) is 14.0. The number of nitriles is 1. The number of amides is 1. The van der Waals surface area contributed by atoms with Crippen LogP contribution in [0.5, 0.6) is 0 Å². The summed E-state index contributed by atoms with van der Waals surface area (Å²) in [6.07, 6.45) is 3.34. The van der Waals surface area contributed by atoms with Gasteiger partial charge in [0.1, 0.15) is 5.41 Å². The summed E-state index contributed by atoms with van der Waals surface area (Å²) in [6.45, 7) is 9.54. The molecule has 17 heavy (non-hydrogen) atoms. The highest BCUT2D eigenvalue weighted by atomic mass is 16.2. The molecule has 0 spiro atoms. The van der Waals surface area contributed by atoms with Gasteiger partial charge in [-0.3, -0.25) is 4.79 Å². The lowest BCUT2D eigenvalue weighted by Gasteiger charge is -2.26. The highest BCUT2D eigenvalue weighted by molar-refractivity contribution is 5.84. The van der Waals surface area contributed by atoms with Gasteiger partial charge in [0.2, 0.25) is 5.91 Å². The fraction of sp³-hybridized carbons (Fsp3) is 0.857. The summed E-state index contributed by atoms with van der Waals surface area (Å²) in [6, 6.07) is 2.10. The number of nitrogens with zero attached hydrogens (tertiary/aromatic N) is 2. The zero-order valence-corrected chi connectivity index (χ0v) is 11.5. The molecule has 3 nitrogen and oxygen atoms in total. The molecule has 0 radical (unpaired) electrons. The summed E-state index contributed by atoms with van der Waals surface area (Å²) >= 11 is 0. The van der Waals surface area contributed by atoms with E-state index in [1.807, 2.05) is 4.90 Å². The molecule has 0 aliphatic carbocycles. The van der Waals surface area contributed by atoms with Crippen molar-refractivity contribution in [2.75, 3.05) is 13.1 Å². The molecular formula is C14H24N2O. The van der Waals surface area contributed by atoms with Gasteiger partial charge >= 0.3 is 0 Å². The average molecular weight is 236 g/mol. The Morgan fingerprint density at radius 2 is 2.00 bits per heavy atom. The minimum Gasteiger partial charge on any atom is -0.341 e. The van der Waals surface area contributed by atoms with Crippen LogP contribution in [-0.2, 0) is 4.79 Å². The number of carbonyl (C=O) groups excluding carboxylic acids is 1. The fourth-order valence-electron chi connectivity index (χ4n) is 2.44. The van der Waals surface area contributed by atoms with Gasteiger partial charge in [-0.2, -0.15) is 5.26 Å². The van der Waals surface area contributed by atoms with Crippen LogP contribution in [0.1, 0.15) is 47.0 Å². The Bertz CT molecular complexity index is 315. The standard InChI is InChI=1S/C14H24N2O/c1-11(2)12-6-5-8-16(9-7-12)13(17)14(3,4)10-15/h11-12H,5-9H2,1-4H3/t12-/m0/s1. The Hall–Kier alpha value is -1.04. The summed E-state index contributed by atoms with van der Waals surface area (Å²) in [5.74, 6) is 1.40. The molecule has 1 aliphatic rings. The third-order valence-corrected chi connectivity index (χ3v) is 3.82. The fourth-order valence-corrected chi connectivity index (χ4v) is 2.44. The summed E-state index contributed by atoms with van der Waals surface area (Å²) in [5.41, 5.74) is -0.877. The van der Waals surface area contributed by atoms with Crippen molar-refractivity contribution in [3.05, 3.63) is 0 Å². The van der Waals surface area contributed by atoms with Gasteiger partial charge in [-0.25, -0.2) is 0 Å². The minimum absolute atomic E-state index is 0.00981. The van der Waals surface area contributed by atoms with E-state index in [0.717, 1.165) is 31.8 Å². The number of carbonyl (C=O) groups is 1. The van der Waals surface area contributed by atoms with Crippen molar-refractivity contribution in [1.82, 2.24) is 4.90 Å². The van der Waals surface area contributed by atoms with Crippen molar-refractivity contribution in [2.24, 2.45) is 17.3 Å². The second kappa shape index (κ2) is 5.53. The van der Waals surface area contributed by atoms with Gasteiger partial charge in [-0.05, 0) is 44.9 Å². The van der Waals surface area contributed by atoms with Crippen LogP contribution in [0.25, 0.3) is 0 Å². The second-order valence-electron chi connectivity index (χ2n) is 5.96. The van der Waals surface area contributed by atoms with E-state index in [9.17, 15) is 4.79 Å². The minimum atomic E-state index is -0.877. The van der Waals surface area contributed by atoms with Crippen LogP contribution in [0, 0.1) is 28.6 Å². The van der Waals surface area contributed by atoms with E-state index in [2.05, 4.69) is 19.9 Å². The van der Waals surface area contributed by atoms with E-state index in [4.69, 9.17) is 5.26 Å². The van der Waals surface area contributed by atoms with Crippen LogP contribution in [-0.4, -0.2) is 23.9 Å².